The Kier molecular flexibility index (Phi) is 3.73. The maximum Gasteiger partial charge on any atom is 0.322 e. The third-order valence-electron chi connectivity index (χ3n) is 4.67. The van der Waals surface area contributed by atoms with E-state index in [1.54, 1.807) is 0 Å². The molecule has 112 valence electrons. The van der Waals surface area contributed by atoms with E-state index in [2.05, 4.69) is 6.92 Å². The van der Waals surface area contributed by atoms with Crippen molar-refractivity contribution in [2.45, 2.75) is 61.9 Å². The highest BCUT2D eigenvalue weighted by molar-refractivity contribution is 8.02. The van der Waals surface area contributed by atoms with Crippen molar-refractivity contribution in [1.29, 1.82) is 0 Å². The molecule has 0 amide bonds. The van der Waals surface area contributed by atoms with Crippen LogP contribution in [-0.2, 0) is 19.1 Å². The molecule has 3 heterocycles. The molecule has 20 heavy (non-hydrogen) atoms. The molecule has 0 spiro atoms. The molecule has 0 aromatic carbocycles. The quantitative estimate of drug-likeness (QED) is 0.577. The van der Waals surface area contributed by atoms with Gasteiger partial charge in [-0.05, 0) is 19.3 Å². The number of hydrogen-bond donors (Lipinski definition) is 0. The van der Waals surface area contributed by atoms with Gasteiger partial charge in [-0.2, -0.15) is 0 Å². The zero-order valence-corrected chi connectivity index (χ0v) is 12.8. The molecule has 4 rings (SSSR count). The molecular formula is C15H22O4S. The van der Waals surface area contributed by atoms with E-state index in [4.69, 9.17) is 9.47 Å². The van der Waals surface area contributed by atoms with E-state index in [1.165, 1.54) is 24.6 Å². The largest absolute Gasteiger partial charge is 0.464 e. The molecule has 0 N–H and O–H groups in total. The lowest BCUT2D eigenvalue weighted by Crippen LogP contribution is -2.66. The summed E-state index contributed by atoms with van der Waals surface area (Å²) in [5.74, 6) is -0.244. The van der Waals surface area contributed by atoms with Gasteiger partial charge in [0.25, 0.3) is 0 Å². The van der Waals surface area contributed by atoms with E-state index >= 15 is 0 Å². The Morgan fingerprint density at radius 2 is 1.90 bits per heavy atom. The summed E-state index contributed by atoms with van der Waals surface area (Å²) < 4.78 is 10.3. The summed E-state index contributed by atoms with van der Waals surface area (Å²) >= 11 is 1.51. The molecule has 1 unspecified atom stereocenters. The number of unbranched alkanes of at least 4 members (excludes halogenated alkanes) is 3. The standard InChI is InChI=1S/C15H22O4S/c1-2-3-4-5-6-11-12(16)18-9-14-7-15(8-14,20-11)13(17)19-10-14/h11H,2-10H2,1H3. The molecule has 0 radical (unpaired) electrons. The first-order valence-corrected chi connectivity index (χ1v) is 8.49. The van der Waals surface area contributed by atoms with Gasteiger partial charge in [-0.1, -0.05) is 32.6 Å². The number of carbonyl (C=O) groups is 2. The summed E-state index contributed by atoms with van der Waals surface area (Å²) in [5.41, 5.74) is -0.0796. The first kappa shape index (κ1) is 14.2. The zero-order valence-electron chi connectivity index (χ0n) is 12.0. The van der Waals surface area contributed by atoms with Crippen LogP contribution in [0.4, 0.5) is 0 Å². The third kappa shape index (κ3) is 2.34. The Bertz CT molecular complexity index is 414. The van der Waals surface area contributed by atoms with Gasteiger partial charge in [-0.15, -0.1) is 11.8 Å². The summed E-state index contributed by atoms with van der Waals surface area (Å²) in [6.45, 7) is 3.01. The summed E-state index contributed by atoms with van der Waals surface area (Å²) in [7, 11) is 0. The van der Waals surface area contributed by atoms with Gasteiger partial charge in [0.05, 0.1) is 0 Å². The lowest BCUT2D eigenvalue weighted by molar-refractivity contribution is -0.188. The number of thioether (sulfide) groups is 1. The van der Waals surface area contributed by atoms with Gasteiger partial charge >= 0.3 is 11.9 Å². The zero-order chi connectivity index (χ0) is 14.2. The van der Waals surface area contributed by atoms with Gasteiger partial charge in [0, 0.05) is 5.41 Å². The first-order chi connectivity index (χ1) is 9.59. The van der Waals surface area contributed by atoms with Crippen molar-refractivity contribution in [2.75, 3.05) is 13.2 Å². The van der Waals surface area contributed by atoms with Gasteiger partial charge in [-0.25, -0.2) is 0 Å². The van der Waals surface area contributed by atoms with Crippen LogP contribution in [0.1, 0.15) is 51.9 Å². The monoisotopic (exact) mass is 298 g/mol. The second-order valence-corrected chi connectivity index (χ2v) is 8.07. The van der Waals surface area contributed by atoms with E-state index < -0.39 is 4.75 Å². The van der Waals surface area contributed by atoms with Crippen LogP contribution in [0.3, 0.4) is 0 Å². The molecule has 5 heteroatoms. The van der Waals surface area contributed by atoms with Crippen LogP contribution in [0.25, 0.3) is 0 Å². The van der Waals surface area contributed by atoms with E-state index in [9.17, 15) is 9.59 Å². The molecule has 1 atom stereocenters. The second-order valence-electron chi connectivity index (χ2n) is 6.49. The number of fused-ring (bicyclic) bond motifs is 2. The van der Waals surface area contributed by atoms with Crippen LogP contribution in [0.5, 0.6) is 0 Å². The third-order valence-corrected chi connectivity index (χ3v) is 6.29. The fourth-order valence-corrected chi connectivity index (χ4v) is 5.53. The predicted octanol–water partition coefficient (Wildman–Crippen LogP) is 2.69. The van der Waals surface area contributed by atoms with E-state index in [0.29, 0.717) is 13.2 Å². The SMILES string of the molecule is CCCCCCC1SC23CC(COC1=O)(COC2=O)C3. The van der Waals surface area contributed by atoms with Crippen LogP contribution in [0.2, 0.25) is 0 Å². The van der Waals surface area contributed by atoms with Gasteiger partial charge in [0.1, 0.15) is 23.2 Å². The highest BCUT2D eigenvalue weighted by Crippen LogP contribution is 2.62. The fourth-order valence-electron chi connectivity index (χ4n) is 3.60. The van der Waals surface area contributed by atoms with Crippen molar-refractivity contribution in [3.63, 3.8) is 0 Å². The molecule has 4 fully saturated rings. The molecule has 1 saturated carbocycles. The van der Waals surface area contributed by atoms with E-state index in [1.807, 2.05) is 0 Å². The maximum atomic E-state index is 12.1. The van der Waals surface area contributed by atoms with Crippen molar-refractivity contribution < 1.29 is 19.1 Å². The van der Waals surface area contributed by atoms with Crippen LogP contribution in [-0.4, -0.2) is 35.1 Å². The Morgan fingerprint density at radius 3 is 2.65 bits per heavy atom. The van der Waals surface area contributed by atoms with Gasteiger partial charge in [0.2, 0.25) is 0 Å². The molecule has 0 aromatic rings. The average Bonchev–Trinajstić information content (AvgIpc) is 2.39. The summed E-state index contributed by atoms with van der Waals surface area (Å²) in [5, 5.41) is -0.198. The topological polar surface area (TPSA) is 52.6 Å². The lowest BCUT2D eigenvalue weighted by atomic mass is 9.60. The highest BCUT2D eigenvalue weighted by Gasteiger charge is 2.67. The van der Waals surface area contributed by atoms with Crippen molar-refractivity contribution in [3.8, 4) is 0 Å². The number of ether oxygens (including phenoxy) is 2. The van der Waals surface area contributed by atoms with Crippen molar-refractivity contribution >= 4 is 23.7 Å². The molecule has 4 nitrogen and oxygen atoms in total. The molecular weight excluding hydrogens is 276 g/mol. The van der Waals surface area contributed by atoms with Crippen LogP contribution in [0, 0.1) is 5.41 Å². The lowest BCUT2D eigenvalue weighted by Gasteiger charge is -2.58. The van der Waals surface area contributed by atoms with Gasteiger partial charge in [0.15, 0.2) is 0 Å². The second kappa shape index (κ2) is 5.24. The van der Waals surface area contributed by atoms with E-state index in [-0.39, 0.29) is 22.6 Å². The van der Waals surface area contributed by atoms with Crippen molar-refractivity contribution in [2.24, 2.45) is 5.41 Å². The number of cyclic esters (lactones) is 1. The molecule has 1 aliphatic carbocycles. The van der Waals surface area contributed by atoms with Crippen molar-refractivity contribution in [3.05, 3.63) is 0 Å². The van der Waals surface area contributed by atoms with E-state index in [0.717, 1.165) is 32.1 Å². The highest BCUT2D eigenvalue weighted by atomic mass is 32.2. The Hall–Kier alpha value is -0.710. The molecule has 2 bridgehead atoms. The van der Waals surface area contributed by atoms with Crippen LogP contribution >= 0.6 is 11.8 Å². The van der Waals surface area contributed by atoms with Gasteiger partial charge in [-0.3, -0.25) is 9.59 Å². The number of hydrogen-bond acceptors (Lipinski definition) is 5. The minimum Gasteiger partial charge on any atom is -0.464 e. The minimum atomic E-state index is -0.451. The summed E-state index contributed by atoms with van der Waals surface area (Å²) in [6.07, 6.45) is 7.00. The molecule has 0 aromatic heterocycles. The Balaban J connectivity index is 1.65. The van der Waals surface area contributed by atoms with Crippen molar-refractivity contribution in [1.82, 2.24) is 0 Å². The smallest absolute Gasteiger partial charge is 0.322 e. The number of carbonyl (C=O) groups excluding carboxylic acids is 2. The molecule has 4 aliphatic rings. The first-order valence-electron chi connectivity index (χ1n) is 7.61. The Morgan fingerprint density at radius 1 is 1.15 bits per heavy atom. The molecule has 3 saturated heterocycles. The minimum absolute atomic E-state index is 0.0796. The average molecular weight is 298 g/mol. The molecule has 3 aliphatic heterocycles. The fraction of sp³-hybridized carbons (Fsp3) is 0.867. The van der Waals surface area contributed by atoms with Crippen LogP contribution < -0.4 is 0 Å². The normalized spacial score (nSPS) is 39.1. The Labute approximate surface area is 124 Å². The number of esters is 2. The summed E-state index contributed by atoms with van der Waals surface area (Å²) in [6, 6.07) is 0. The maximum absolute atomic E-state index is 12.1. The predicted molar refractivity (Wildman–Crippen MR) is 76.5 cm³/mol. The number of rotatable bonds is 5. The van der Waals surface area contributed by atoms with Gasteiger partial charge < -0.3 is 9.47 Å². The van der Waals surface area contributed by atoms with Crippen LogP contribution in [0.15, 0.2) is 0 Å². The summed E-state index contributed by atoms with van der Waals surface area (Å²) in [4.78, 5) is 24.2.